The lowest BCUT2D eigenvalue weighted by Gasteiger charge is -2.23. The van der Waals surface area contributed by atoms with Gasteiger partial charge in [-0.3, -0.25) is 4.79 Å². The minimum Gasteiger partial charge on any atom is -0.480 e. The number of nitrogens with one attached hydrogen (secondary N) is 1. The van der Waals surface area contributed by atoms with Crippen molar-refractivity contribution in [3.8, 4) is 0 Å². The van der Waals surface area contributed by atoms with Gasteiger partial charge in [0.1, 0.15) is 6.04 Å². The zero-order valence-corrected chi connectivity index (χ0v) is 10.8. The summed E-state index contributed by atoms with van der Waals surface area (Å²) in [5.41, 5.74) is 4.95. The molecule has 0 aliphatic heterocycles. The fourth-order valence-electron chi connectivity index (χ4n) is 1.46. The third-order valence-electron chi connectivity index (χ3n) is 2.44. The molecule has 0 aliphatic rings. The average Bonchev–Trinajstić information content (AvgIpc) is 2.30. The topological polar surface area (TPSA) is 113 Å². The first-order valence-corrected chi connectivity index (χ1v) is 5.98. The predicted molar refractivity (Wildman–Crippen MR) is 65.9 cm³/mol. The number of urea groups is 1. The van der Waals surface area contributed by atoms with Crippen molar-refractivity contribution < 1.29 is 19.5 Å². The zero-order chi connectivity index (χ0) is 14.1. The molecular weight excluding hydrogens is 238 g/mol. The Hall–Kier alpha value is -1.79. The number of nitrogens with zero attached hydrogens (tertiary/aromatic N) is 1. The molecule has 4 N–H and O–H groups in total. The largest absolute Gasteiger partial charge is 0.480 e. The number of nitrogens with two attached hydrogens (primary N) is 1. The van der Waals surface area contributed by atoms with Crippen LogP contribution < -0.4 is 11.1 Å². The molecule has 0 saturated heterocycles. The van der Waals surface area contributed by atoms with Crippen molar-refractivity contribution in [3.63, 3.8) is 0 Å². The molecule has 0 aliphatic carbocycles. The first-order chi connectivity index (χ1) is 8.42. The highest BCUT2D eigenvalue weighted by atomic mass is 16.4. The number of carboxylic acid groups (broad SMARTS) is 1. The van der Waals surface area contributed by atoms with Crippen LogP contribution in [0, 0.1) is 0 Å². The third kappa shape index (κ3) is 6.07. The Labute approximate surface area is 106 Å². The summed E-state index contributed by atoms with van der Waals surface area (Å²) >= 11 is 0. The molecular formula is C11H21N3O4. The zero-order valence-electron chi connectivity index (χ0n) is 10.8. The quantitative estimate of drug-likeness (QED) is 0.575. The van der Waals surface area contributed by atoms with E-state index >= 15 is 0 Å². The third-order valence-corrected chi connectivity index (χ3v) is 2.44. The van der Waals surface area contributed by atoms with Crippen LogP contribution >= 0.6 is 0 Å². The van der Waals surface area contributed by atoms with E-state index < -0.39 is 23.9 Å². The first kappa shape index (κ1) is 16.2. The van der Waals surface area contributed by atoms with Gasteiger partial charge in [0.15, 0.2) is 0 Å². The van der Waals surface area contributed by atoms with E-state index in [1.165, 1.54) is 4.90 Å². The van der Waals surface area contributed by atoms with Crippen LogP contribution in [0.1, 0.15) is 33.1 Å². The van der Waals surface area contributed by atoms with Crippen LogP contribution in [0.3, 0.4) is 0 Å². The van der Waals surface area contributed by atoms with Crippen molar-refractivity contribution in [1.29, 1.82) is 0 Å². The second-order valence-corrected chi connectivity index (χ2v) is 3.92. The molecule has 0 aromatic rings. The van der Waals surface area contributed by atoms with Gasteiger partial charge in [-0.1, -0.05) is 6.92 Å². The van der Waals surface area contributed by atoms with Crippen LogP contribution in [0.4, 0.5) is 4.79 Å². The lowest BCUT2D eigenvalue weighted by molar-refractivity contribution is -0.139. The van der Waals surface area contributed by atoms with E-state index in [-0.39, 0.29) is 12.8 Å². The summed E-state index contributed by atoms with van der Waals surface area (Å²) in [6.45, 7) is 4.80. The SMILES string of the molecule is CCCN(CC)C(=O)NC(CCC(N)=O)C(=O)O. The molecule has 7 nitrogen and oxygen atoms in total. The summed E-state index contributed by atoms with van der Waals surface area (Å²) in [5.74, 6) is -1.76. The Morgan fingerprint density at radius 1 is 1.33 bits per heavy atom. The highest BCUT2D eigenvalue weighted by Crippen LogP contribution is 2.00. The highest BCUT2D eigenvalue weighted by Gasteiger charge is 2.22. The number of carboxylic acids is 1. The fraction of sp³-hybridized carbons (Fsp3) is 0.727. The smallest absolute Gasteiger partial charge is 0.326 e. The molecule has 0 aromatic carbocycles. The minimum absolute atomic E-state index is 0.0000853. The first-order valence-electron chi connectivity index (χ1n) is 5.98. The normalized spacial score (nSPS) is 11.7. The van der Waals surface area contributed by atoms with E-state index in [4.69, 9.17) is 10.8 Å². The number of rotatable bonds is 8. The molecule has 1 unspecified atom stereocenters. The van der Waals surface area contributed by atoms with Crippen molar-refractivity contribution in [2.24, 2.45) is 5.73 Å². The highest BCUT2D eigenvalue weighted by molar-refractivity contribution is 5.83. The summed E-state index contributed by atoms with van der Waals surface area (Å²) in [5, 5.41) is 11.3. The molecule has 1 atom stereocenters. The number of carbonyl (C=O) groups excluding carboxylic acids is 2. The second-order valence-electron chi connectivity index (χ2n) is 3.92. The standard InChI is InChI=1S/C11H21N3O4/c1-3-7-14(4-2)11(18)13-8(10(16)17)5-6-9(12)15/h8H,3-7H2,1-2H3,(H2,12,15)(H,13,18)(H,16,17). The maximum Gasteiger partial charge on any atom is 0.326 e. The number of hydrogen-bond acceptors (Lipinski definition) is 3. The van der Waals surface area contributed by atoms with E-state index in [0.717, 1.165) is 6.42 Å². The maximum atomic E-state index is 11.8. The molecule has 0 rings (SSSR count). The van der Waals surface area contributed by atoms with E-state index in [1.54, 1.807) is 0 Å². The number of carbonyl (C=O) groups is 3. The molecule has 0 spiro atoms. The lowest BCUT2D eigenvalue weighted by Crippen LogP contribution is -2.48. The van der Waals surface area contributed by atoms with Gasteiger partial charge in [-0.2, -0.15) is 0 Å². The molecule has 18 heavy (non-hydrogen) atoms. The van der Waals surface area contributed by atoms with Gasteiger partial charge in [-0.15, -0.1) is 0 Å². The number of hydrogen-bond donors (Lipinski definition) is 3. The van der Waals surface area contributed by atoms with E-state index in [9.17, 15) is 14.4 Å². The molecule has 7 heteroatoms. The summed E-state index contributed by atoms with van der Waals surface area (Å²) < 4.78 is 0. The number of aliphatic carboxylic acids is 1. The van der Waals surface area contributed by atoms with Gasteiger partial charge in [-0.25, -0.2) is 9.59 Å². The monoisotopic (exact) mass is 259 g/mol. The Morgan fingerprint density at radius 3 is 2.33 bits per heavy atom. The summed E-state index contributed by atoms with van der Waals surface area (Å²) in [4.78, 5) is 34.8. The molecule has 0 bridgehead atoms. The second kappa shape index (κ2) is 8.32. The van der Waals surface area contributed by atoms with Gasteiger partial charge >= 0.3 is 12.0 Å². The number of amides is 3. The Bertz CT molecular complexity index is 307. The van der Waals surface area contributed by atoms with Crippen LogP contribution in [0.5, 0.6) is 0 Å². The van der Waals surface area contributed by atoms with Crippen molar-refractivity contribution in [3.05, 3.63) is 0 Å². The van der Waals surface area contributed by atoms with Gasteiger partial charge < -0.3 is 21.1 Å². The molecule has 3 amide bonds. The van der Waals surface area contributed by atoms with Crippen LogP contribution in [-0.2, 0) is 9.59 Å². The average molecular weight is 259 g/mol. The summed E-state index contributed by atoms with van der Waals surface area (Å²) in [7, 11) is 0. The summed E-state index contributed by atoms with van der Waals surface area (Å²) in [6, 6.07) is -1.52. The van der Waals surface area contributed by atoms with Gasteiger partial charge in [0.25, 0.3) is 0 Å². The van der Waals surface area contributed by atoms with Gasteiger partial charge in [0.05, 0.1) is 0 Å². The van der Waals surface area contributed by atoms with Crippen molar-refractivity contribution in [2.45, 2.75) is 39.2 Å². The molecule has 0 radical (unpaired) electrons. The molecule has 0 saturated carbocycles. The van der Waals surface area contributed by atoms with E-state index in [2.05, 4.69) is 5.32 Å². The van der Waals surface area contributed by atoms with Gasteiger partial charge in [-0.05, 0) is 19.8 Å². The molecule has 104 valence electrons. The van der Waals surface area contributed by atoms with Crippen LogP contribution in [0.25, 0.3) is 0 Å². The van der Waals surface area contributed by atoms with E-state index in [0.29, 0.717) is 13.1 Å². The van der Waals surface area contributed by atoms with Crippen LogP contribution in [0.15, 0.2) is 0 Å². The van der Waals surface area contributed by atoms with Gasteiger partial charge in [0.2, 0.25) is 5.91 Å². The van der Waals surface area contributed by atoms with Crippen molar-refractivity contribution in [2.75, 3.05) is 13.1 Å². The Kier molecular flexibility index (Phi) is 7.50. The fourth-order valence-corrected chi connectivity index (χ4v) is 1.46. The molecule has 0 heterocycles. The van der Waals surface area contributed by atoms with Crippen molar-refractivity contribution >= 4 is 17.9 Å². The Balaban J connectivity index is 4.42. The maximum absolute atomic E-state index is 11.8. The Morgan fingerprint density at radius 2 is 1.94 bits per heavy atom. The van der Waals surface area contributed by atoms with E-state index in [1.807, 2.05) is 13.8 Å². The molecule has 0 fully saturated rings. The van der Waals surface area contributed by atoms with Crippen LogP contribution in [0.2, 0.25) is 0 Å². The minimum atomic E-state index is -1.17. The van der Waals surface area contributed by atoms with Gasteiger partial charge in [0, 0.05) is 19.5 Å². The van der Waals surface area contributed by atoms with Crippen LogP contribution in [-0.4, -0.2) is 47.0 Å². The summed E-state index contributed by atoms with van der Waals surface area (Å²) in [6.07, 6.45) is 0.720. The lowest BCUT2D eigenvalue weighted by atomic mass is 10.1. The predicted octanol–water partition coefficient (Wildman–Crippen LogP) is 0.147. The van der Waals surface area contributed by atoms with Crippen molar-refractivity contribution in [1.82, 2.24) is 10.2 Å². The molecule has 0 aromatic heterocycles. The number of primary amides is 1.